The Labute approximate surface area is 129 Å². The third-order valence-electron chi connectivity index (χ3n) is 3.91. The van der Waals surface area contributed by atoms with Gasteiger partial charge in [0.15, 0.2) is 0 Å². The third-order valence-corrected chi connectivity index (χ3v) is 3.91. The Morgan fingerprint density at radius 1 is 0.857 bits per heavy atom. The molecule has 1 unspecified atom stereocenters. The zero-order valence-electron chi connectivity index (χ0n) is 13.3. The van der Waals surface area contributed by atoms with Gasteiger partial charge in [-0.15, -0.1) is 0 Å². The number of nitrogens with one attached hydrogen (secondary N) is 1. The van der Waals surface area contributed by atoms with Crippen LogP contribution in [0.1, 0.15) is 49.4 Å². The van der Waals surface area contributed by atoms with Crippen molar-refractivity contribution in [1.29, 1.82) is 0 Å². The van der Waals surface area contributed by atoms with Crippen LogP contribution in [-0.2, 0) is 12.8 Å². The van der Waals surface area contributed by atoms with Crippen molar-refractivity contribution in [2.24, 2.45) is 0 Å². The first-order chi connectivity index (χ1) is 10.3. The molecule has 0 aliphatic rings. The van der Waals surface area contributed by atoms with Crippen LogP contribution in [0.5, 0.6) is 0 Å². The van der Waals surface area contributed by atoms with Gasteiger partial charge in [-0.25, -0.2) is 0 Å². The highest BCUT2D eigenvalue weighted by molar-refractivity contribution is 5.27. The van der Waals surface area contributed by atoms with Crippen molar-refractivity contribution in [3.63, 3.8) is 0 Å². The molecule has 1 nitrogen and oxygen atoms in total. The minimum Gasteiger partial charge on any atom is -0.310 e. The maximum atomic E-state index is 3.64. The summed E-state index contributed by atoms with van der Waals surface area (Å²) in [6.07, 6.45) is 4.65. The summed E-state index contributed by atoms with van der Waals surface area (Å²) in [4.78, 5) is 0. The molecule has 1 heteroatoms. The minimum atomic E-state index is 0.451. The van der Waals surface area contributed by atoms with Gasteiger partial charge >= 0.3 is 0 Å². The summed E-state index contributed by atoms with van der Waals surface area (Å²) in [5, 5.41) is 3.64. The largest absolute Gasteiger partial charge is 0.310 e. The molecule has 2 aromatic carbocycles. The molecule has 0 aromatic heterocycles. The van der Waals surface area contributed by atoms with E-state index in [1.165, 1.54) is 29.5 Å². The van der Waals surface area contributed by atoms with Crippen molar-refractivity contribution in [1.82, 2.24) is 5.32 Å². The normalized spacial score (nSPS) is 12.3. The zero-order valence-corrected chi connectivity index (χ0v) is 13.3. The minimum absolute atomic E-state index is 0.451. The lowest BCUT2D eigenvalue weighted by Crippen LogP contribution is -2.21. The van der Waals surface area contributed by atoms with Crippen LogP contribution >= 0.6 is 0 Å². The Morgan fingerprint density at radius 2 is 1.62 bits per heavy atom. The van der Waals surface area contributed by atoms with E-state index in [0.717, 1.165) is 19.4 Å². The van der Waals surface area contributed by atoms with Crippen LogP contribution in [0.3, 0.4) is 0 Å². The highest BCUT2D eigenvalue weighted by atomic mass is 14.9. The number of benzene rings is 2. The van der Waals surface area contributed by atoms with E-state index in [1.807, 2.05) is 0 Å². The van der Waals surface area contributed by atoms with Crippen molar-refractivity contribution in [3.05, 3.63) is 71.3 Å². The van der Waals surface area contributed by atoms with Crippen LogP contribution in [0.15, 0.2) is 54.6 Å². The highest BCUT2D eigenvalue weighted by Gasteiger charge is 2.10. The molecule has 0 bridgehead atoms. The summed E-state index contributed by atoms with van der Waals surface area (Å²) in [6.45, 7) is 5.44. The molecule has 0 saturated heterocycles. The van der Waals surface area contributed by atoms with Crippen molar-refractivity contribution < 1.29 is 0 Å². The molecule has 2 rings (SSSR count). The first kappa shape index (κ1) is 15.8. The summed E-state index contributed by atoms with van der Waals surface area (Å²) in [5.41, 5.74) is 4.31. The predicted molar refractivity (Wildman–Crippen MR) is 91.6 cm³/mol. The molecule has 21 heavy (non-hydrogen) atoms. The summed E-state index contributed by atoms with van der Waals surface area (Å²) in [5.74, 6) is 0. The molecule has 0 amide bonds. The van der Waals surface area contributed by atoms with Gasteiger partial charge in [0.25, 0.3) is 0 Å². The average molecular weight is 281 g/mol. The molecule has 1 N–H and O–H groups in total. The van der Waals surface area contributed by atoms with Gasteiger partial charge in [-0.2, -0.15) is 0 Å². The number of rotatable bonds is 8. The zero-order chi connectivity index (χ0) is 14.9. The van der Waals surface area contributed by atoms with E-state index in [4.69, 9.17) is 0 Å². The van der Waals surface area contributed by atoms with Crippen LogP contribution in [0.2, 0.25) is 0 Å². The summed E-state index contributed by atoms with van der Waals surface area (Å²) in [7, 11) is 0. The number of aryl methyl sites for hydroxylation is 2. The Hall–Kier alpha value is -1.60. The predicted octanol–water partition coefficient (Wildman–Crippen LogP) is 4.92. The SMILES string of the molecule is CCCc1cccc(C(CCc2ccccc2)NCC)c1. The molecule has 112 valence electrons. The molecule has 0 heterocycles. The maximum absolute atomic E-state index is 3.64. The monoisotopic (exact) mass is 281 g/mol. The van der Waals surface area contributed by atoms with E-state index >= 15 is 0 Å². The van der Waals surface area contributed by atoms with E-state index < -0.39 is 0 Å². The van der Waals surface area contributed by atoms with Gasteiger partial charge in [0, 0.05) is 6.04 Å². The molecular formula is C20H27N. The molecule has 0 spiro atoms. The Morgan fingerprint density at radius 3 is 2.33 bits per heavy atom. The lowest BCUT2D eigenvalue weighted by molar-refractivity contribution is 0.515. The second-order valence-corrected chi connectivity index (χ2v) is 5.63. The van der Waals surface area contributed by atoms with E-state index in [-0.39, 0.29) is 0 Å². The Balaban J connectivity index is 2.05. The van der Waals surface area contributed by atoms with Gasteiger partial charge in [-0.1, -0.05) is 74.9 Å². The fourth-order valence-electron chi connectivity index (χ4n) is 2.84. The van der Waals surface area contributed by atoms with Crippen LogP contribution in [0.25, 0.3) is 0 Å². The number of hydrogen-bond donors (Lipinski definition) is 1. The quantitative estimate of drug-likeness (QED) is 0.724. The van der Waals surface area contributed by atoms with Crippen LogP contribution in [0.4, 0.5) is 0 Å². The Bertz CT molecular complexity index is 518. The average Bonchev–Trinajstić information content (AvgIpc) is 2.53. The molecule has 1 atom stereocenters. The van der Waals surface area contributed by atoms with Crippen molar-refractivity contribution in [2.45, 2.75) is 45.6 Å². The summed E-state index contributed by atoms with van der Waals surface area (Å²) >= 11 is 0. The van der Waals surface area contributed by atoms with Gasteiger partial charge < -0.3 is 5.32 Å². The first-order valence-electron chi connectivity index (χ1n) is 8.19. The standard InChI is InChI=1S/C20H27N/c1-3-9-18-12-8-13-19(16-18)20(21-4-2)15-14-17-10-6-5-7-11-17/h5-8,10-13,16,20-21H,3-4,9,14-15H2,1-2H3. The van der Waals surface area contributed by atoms with Crippen molar-refractivity contribution in [2.75, 3.05) is 6.54 Å². The first-order valence-corrected chi connectivity index (χ1v) is 8.19. The Kier molecular flexibility index (Phi) is 6.49. The summed E-state index contributed by atoms with van der Waals surface area (Å²) in [6, 6.07) is 20.3. The molecule has 0 aliphatic carbocycles. The van der Waals surface area contributed by atoms with Gasteiger partial charge in [-0.3, -0.25) is 0 Å². The van der Waals surface area contributed by atoms with Crippen LogP contribution < -0.4 is 5.32 Å². The second kappa shape index (κ2) is 8.63. The number of hydrogen-bond acceptors (Lipinski definition) is 1. The molecule has 2 aromatic rings. The lowest BCUT2D eigenvalue weighted by atomic mass is 9.96. The molecule has 0 saturated carbocycles. The molecule has 0 aliphatic heterocycles. The highest BCUT2D eigenvalue weighted by Crippen LogP contribution is 2.21. The van der Waals surface area contributed by atoms with Crippen LogP contribution in [-0.4, -0.2) is 6.54 Å². The van der Waals surface area contributed by atoms with Gasteiger partial charge in [0.1, 0.15) is 0 Å². The fourth-order valence-corrected chi connectivity index (χ4v) is 2.84. The second-order valence-electron chi connectivity index (χ2n) is 5.63. The topological polar surface area (TPSA) is 12.0 Å². The van der Waals surface area contributed by atoms with Crippen molar-refractivity contribution >= 4 is 0 Å². The third kappa shape index (κ3) is 5.02. The van der Waals surface area contributed by atoms with Gasteiger partial charge in [-0.05, 0) is 42.5 Å². The van der Waals surface area contributed by atoms with Crippen molar-refractivity contribution in [3.8, 4) is 0 Å². The van der Waals surface area contributed by atoms with Gasteiger partial charge in [0.05, 0.1) is 0 Å². The van der Waals surface area contributed by atoms with E-state index in [0.29, 0.717) is 6.04 Å². The summed E-state index contributed by atoms with van der Waals surface area (Å²) < 4.78 is 0. The van der Waals surface area contributed by atoms with E-state index in [1.54, 1.807) is 0 Å². The molecule has 0 radical (unpaired) electrons. The smallest absolute Gasteiger partial charge is 0.0323 e. The molecular weight excluding hydrogens is 254 g/mol. The van der Waals surface area contributed by atoms with Crippen LogP contribution in [0, 0.1) is 0 Å². The lowest BCUT2D eigenvalue weighted by Gasteiger charge is -2.19. The fraction of sp³-hybridized carbons (Fsp3) is 0.400. The van der Waals surface area contributed by atoms with Gasteiger partial charge in [0.2, 0.25) is 0 Å². The maximum Gasteiger partial charge on any atom is 0.0323 e. The molecule has 0 fully saturated rings. The van der Waals surface area contributed by atoms with E-state index in [2.05, 4.69) is 73.8 Å². The van der Waals surface area contributed by atoms with E-state index in [9.17, 15) is 0 Å².